The number of nitrogens with zero attached hydrogens (tertiary/aromatic N) is 1. The van der Waals surface area contributed by atoms with E-state index < -0.39 is 9.84 Å². The number of rotatable bonds is 6. The molecule has 1 atom stereocenters. The number of hydrogen-bond acceptors (Lipinski definition) is 4. The van der Waals surface area contributed by atoms with E-state index in [0.717, 1.165) is 31.6 Å². The van der Waals surface area contributed by atoms with Crippen LogP contribution in [0.3, 0.4) is 0 Å². The molecule has 4 nitrogen and oxygen atoms in total. The van der Waals surface area contributed by atoms with E-state index in [2.05, 4.69) is 4.90 Å². The number of benzene rings is 1. The Labute approximate surface area is 121 Å². The van der Waals surface area contributed by atoms with Crippen LogP contribution in [-0.2, 0) is 9.84 Å². The van der Waals surface area contributed by atoms with Crippen LogP contribution < -0.4 is 10.6 Å². The summed E-state index contributed by atoms with van der Waals surface area (Å²) in [6.45, 7) is 4.43. The monoisotopic (exact) mass is 296 g/mol. The highest BCUT2D eigenvalue weighted by atomic mass is 32.2. The van der Waals surface area contributed by atoms with Crippen molar-refractivity contribution in [2.24, 2.45) is 11.7 Å². The molecule has 112 valence electrons. The van der Waals surface area contributed by atoms with Gasteiger partial charge in [0.25, 0.3) is 0 Å². The molecule has 1 heterocycles. The highest BCUT2D eigenvalue weighted by molar-refractivity contribution is 7.91. The maximum absolute atomic E-state index is 12.4. The first-order chi connectivity index (χ1) is 9.58. The predicted molar refractivity (Wildman–Crippen MR) is 82.8 cm³/mol. The molecule has 1 aliphatic rings. The van der Waals surface area contributed by atoms with E-state index >= 15 is 0 Å². The Morgan fingerprint density at radius 2 is 2.10 bits per heavy atom. The molecule has 5 heteroatoms. The summed E-state index contributed by atoms with van der Waals surface area (Å²) < 4.78 is 24.7. The Morgan fingerprint density at radius 1 is 1.35 bits per heavy atom. The van der Waals surface area contributed by atoms with Gasteiger partial charge in [0.1, 0.15) is 0 Å². The lowest BCUT2D eigenvalue weighted by Crippen LogP contribution is -2.23. The van der Waals surface area contributed by atoms with Crippen LogP contribution in [0.2, 0.25) is 0 Å². The van der Waals surface area contributed by atoms with Crippen LogP contribution in [0.4, 0.5) is 5.69 Å². The Hall–Kier alpha value is -1.07. The van der Waals surface area contributed by atoms with Gasteiger partial charge in [0.2, 0.25) is 0 Å². The molecule has 0 aromatic heterocycles. The topological polar surface area (TPSA) is 63.4 Å². The zero-order valence-corrected chi connectivity index (χ0v) is 12.9. The van der Waals surface area contributed by atoms with Crippen molar-refractivity contribution in [2.45, 2.75) is 31.1 Å². The third kappa shape index (κ3) is 3.33. The Kier molecular flexibility index (Phi) is 5.05. The summed E-state index contributed by atoms with van der Waals surface area (Å²) in [6, 6.07) is 7.37. The molecule has 20 heavy (non-hydrogen) atoms. The van der Waals surface area contributed by atoms with Gasteiger partial charge in [-0.2, -0.15) is 0 Å². The second-order valence-electron chi connectivity index (χ2n) is 5.46. The Balaban J connectivity index is 2.25. The molecule has 1 aromatic rings. The molecule has 0 radical (unpaired) electrons. The maximum atomic E-state index is 12.4. The first-order valence-corrected chi connectivity index (χ1v) is 9.00. The highest BCUT2D eigenvalue weighted by Gasteiger charge is 2.26. The summed E-state index contributed by atoms with van der Waals surface area (Å²) in [6.07, 6.45) is 2.76. The molecule has 2 N–H and O–H groups in total. The first-order valence-electron chi connectivity index (χ1n) is 7.35. The minimum Gasteiger partial charge on any atom is -0.370 e. The fourth-order valence-electron chi connectivity index (χ4n) is 2.88. The van der Waals surface area contributed by atoms with E-state index in [-0.39, 0.29) is 5.75 Å². The van der Waals surface area contributed by atoms with Gasteiger partial charge in [-0.25, -0.2) is 8.42 Å². The van der Waals surface area contributed by atoms with Crippen molar-refractivity contribution in [3.05, 3.63) is 24.3 Å². The van der Waals surface area contributed by atoms with Crippen molar-refractivity contribution < 1.29 is 8.42 Å². The van der Waals surface area contributed by atoms with Gasteiger partial charge in [-0.1, -0.05) is 19.1 Å². The average molecular weight is 296 g/mol. The minimum absolute atomic E-state index is 0.212. The number of sulfone groups is 1. The molecule has 0 aliphatic carbocycles. The maximum Gasteiger partial charge on any atom is 0.180 e. The molecule has 1 saturated heterocycles. The van der Waals surface area contributed by atoms with Gasteiger partial charge in [-0.05, 0) is 43.9 Å². The fraction of sp³-hybridized carbons (Fsp3) is 0.600. The van der Waals surface area contributed by atoms with Crippen LogP contribution in [0, 0.1) is 5.92 Å². The van der Waals surface area contributed by atoms with Crippen molar-refractivity contribution in [1.29, 1.82) is 0 Å². The zero-order chi connectivity index (χ0) is 14.6. The fourth-order valence-corrected chi connectivity index (χ4v) is 4.44. The van der Waals surface area contributed by atoms with Crippen LogP contribution in [-0.4, -0.2) is 33.8 Å². The molecule has 0 bridgehead atoms. The third-order valence-electron chi connectivity index (χ3n) is 3.87. The van der Waals surface area contributed by atoms with Crippen LogP contribution in [0.1, 0.15) is 26.2 Å². The van der Waals surface area contributed by atoms with E-state index in [9.17, 15) is 8.42 Å². The number of nitrogens with two attached hydrogens (primary N) is 1. The van der Waals surface area contributed by atoms with Crippen LogP contribution >= 0.6 is 0 Å². The summed E-state index contributed by atoms with van der Waals surface area (Å²) >= 11 is 0. The standard InChI is InChI=1S/C15H24N2O2S/c1-2-11-20(18,19)15-6-4-3-5-14(15)17-10-8-13(12-17)7-9-16/h3-6,13H,2,7-12,16H2,1H3. The Bertz CT molecular complexity index is 543. The molecule has 2 rings (SSSR count). The average Bonchev–Trinajstić information content (AvgIpc) is 2.88. The van der Waals surface area contributed by atoms with E-state index in [1.807, 2.05) is 19.1 Å². The van der Waals surface area contributed by atoms with E-state index in [4.69, 9.17) is 5.73 Å². The van der Waals surface area contributed by atoms with Crippen molar-refractivity contribution in [3.8, 4) is 0 Å². The lowest BCUT2D eigenvalue weighted by Gasteiger charge is -2.22. The molecular formula is C15H24N2O2S. The first kappa shape index (κ1) is 15.3. The smallest absolute Gasteiger partial charge is 0.180 e. The minimum atomic E-state index is -3.17. The lowest BCUT2D eigenvalue weighted by molar-refractivity contribution is 0.546. The summed E-state index contributed by atoms with van der Waals surface area (Å²) in [5.74, 6) is 0.798. The predicted octanol–water partition coefficient (Wildman–Crippen LogP) is 2.05. The Morgan fingerprint density at radius 3 is 2.80 bits per heavy atom. The molecule has 0 amide bonds. The summed E-state index contributed by atoms with van der Waals surface area (Å²) in [4.78, 5) is 2.68. The van der Waals surface area contributed by atoms with Crippen LogP contribution in [0.25, 0.3) is 0 Å². The van der Waals surface area contributed by atoms with E-state index in [1.165, 1.54) is 0 Å². The second-order valence-corrected chi connectivity index (χ2v) is 7.54. The SMILES string of the molecule is CCCS(=O)(=O)c1ccccc1N1CCC(CCN)C1. The van der Waals surface area contributed by atoms with Gasteiger partial charge in [0, 0.05) is 13.1 Å². The molecule has 1 aliphatic heterocycles. The zero-order valence-electron chi connectivity index (χ0n) is 12.1. The van der Waals surface area contributed by atoms with Crippen molar-refractivity contribution >= 4 is 15.5 Å². The van der Waals surface area contributed by atoms with Gasteiger partial charge < -0.3 is 10.6 Å². The molecular weight excluding hydrogens is 272 g/mol. The van der Waals surface area contributed by atoms with Crippen LogP contribution in [0.5, 0.6) is 0 Å². The molecule has 1 fully saturated rings. The molecule has 0 saturated carbocycles. The summed E-state index contributed by atoms with van der Waals surface area (Å²) in [5.41, 5.74) is 6.48. The van der Waals surface area contributed by atoms with Gasteiger partial charge in [0.05, 0.1) is 16.3 Å². The van der Waals surface area contributed by atoms with Crippen molar-refractivity contribution in [2.75, 3.05) is 30.3 Å². The quantitative estimate of drug-likeness (QED) is 0.872. The highest BCUT2D eigenvalue weighted by Crippen LogP contribution is 2.31. The van der Waals surface area contributed by atoms with E-state index in [1.54, 1.807) is 12.1 Å². The largest absolute Gasteiger partial charge is 0.370 e. The third-order valence-corrected chi connectivity index (χ3v) is 5.84. The van der Waals surface area contributed by atoms with Gasteiger partial charge in [-0.15, -0.1) is 0 Å². The molecule has 1 aromatic carbocycles. The molecule has 0 spiro atoms. The van der Waals surface area contributed by atoms with Crippen molar-refractivity contribution in [3.63, 3.8) is 0 Å². The van der Waals surface area contributed by atoms with Gasteiger partial charge >= 0.3 is 0 Å². The summed E-state index contributed by atoms with van der Waals surface area (Å²) in [5, 5.41) is 0. The van der Waals surface area contributed by atoms with Gasteiger partial charge in [0.15, 0.2) is 9.84 Å². The number of para-hydroxylation sites is 1. The number of anilines is 1. The van der Waals surface area contributed by atoms with Gasteiger partial charge in [-0.3, -0.25) is 0 Å². The second kappa shape index (κ2) is 6.59. The van der Waals surface area contributed by atoms with E-state index in [0.29, 0.717) is 23.8 Å². The normalized spacial score (nSPS) is 19.5. The summed E-state index contributed by atoms with van der Waals surface area (Å²) in [7, 11) is -3.17. The molecule has 1 unspecified atom stereocenters. The van der Waals surface area contributed by atoms with Crippen molar-refractivity contribution in [1.82, 2.24) is 0 Å². The van der Waals surface area contributed by atoms with Crippen LogP contribution in [0.15, 0.2) is 29.2 Å². The number of hydrogen-bond donors (Lipinski definition) is 1. The lowest BCUT2D eigenvalue weighted by atomic mass is 10.1.